The zero-order valence-corrected chi connectivity index (χ0v) is 12.8. The molecule has 1 aromatic heterocycles. The summed E-state index contributed by atoms with van der Waals surface area (Å²) in [5.74, 6) is 1.34. The van der Waals surface area contributed by atoms with Crippen LogP contribution in [-0.2, 0) is 18.7 Å². The fourth-order valence-electron chi connectivity index (χ4n) is 3.41. The first-order chi connectivity index (χ1) is 10.3. The van der Waals surface area contributed by atoms with Crippen molar-refractivity contribution in [3.05, 3.63) is 58.9 Å². The normalized spacial score (nSPS) is 13.8. The van der Waals surface area contributed by atoms with Crippen LogP contribution in [0.4, 0.5) is 0 Å². The Morgan fingerprint density at radius 1 is 1.14 bits per heavy atom. The van der Waals surface area contributed by atoms with Crippen LogP contribution >= 0.6 is 11.6 Å². The number of halogens is 1. The molecule has 0 aliphatic heterocycles. The molecule has 0 radical (unpaired) electrons. The maximum Gasteiger partial charge on any atom is 0.129 e. The van der Waals surface area contributed by atoms with Gasteiger partial charge in [-0.25, -0.2) is 4.98 Å². The molecule has 0 amide bonds. The molecule has 3 heteroatoms. The quantitative estimate of drug-likeness (QED) is 0.634. The fraction of sp³-hybridized carbons (Fsp3) is 0.278. The highest BCUT2D eigenvalue weighted by atomic mass is 35.5. The van der Waals surface area contributed by atoms with E-state index < -0.39 is 0 Å². The van der Waals surface area contributed by atoms with E-state index in [1.54, 1.807) is 0 Å². The van der Waals surface area contributed by atoms with E-state index in [0.29, 0.717) is 5.88 Å². The van der Waals surface area contributed by atoms with Gasteiger partial charge < -0.3 is 0 Å². The smallest absolute Gasteiger partial charge is 0.129 e. The van der Waals surface area contributed by atoms with Crippen molar-refractivity contribution in [2.45, 2.75) is 32.1 Å². The SMILES string of the molecule is Cc1cccc2nc(CCl)n(-c3ccc4c(c3)CCC4)c12. The van der Waals surface area contributed by atoms with E-state index in [4.69, 9.17) is 16.6 Å². The third kappa shape index (κ3) is 1.97. The van der Waals surface area contributed by atoms with Gasteiger partial charge in [0, 0.05) is 5.69 Å². The molecule has 106 valence electrons. The Balaban J connectivity index is 2.01. The number of alkyl halides is 1. The highest BCUT2D eigenvalue weighted by molar-refractivity contribution is 6.17. The van der Waals surface area contributed by atoms with Crippen LogP contribution in [0.5, 0.6) is 0 Å². The Bertz CT molecular complexity index is 833. The molecule has 4 rings (SSSR count). The Morgan fingerprint density at radius 2 is 2.00 bits per heavy atom. The van der Waals surface area contributed by atoms with Crippen molar-refractivity contribution in [1.82, 2.24) is 9.55 Å². The minimum Gasteiger partial charge on any atom is -0.295 e. The molecular weight excluding hydrogens is 280 g/mol. The van der Waals surface area contributed by atoms with E-state index >= 15 is 0 Å². The molecule has 0 saturated carbocycles. The van der Waals surface area contributed by atoms with Gasteiger partial charge >= 0.3 is 0 Å². The van der Waals surface area contributed by atoms with Crippen LogP contribution < -0.4 is 0 Å². The number of nitrogens with zero attached hydrogens (tertiary/aromatic N) is 2. The van der Waals surface area contributed by atoms with E-state index in [9.17, 15) is 0 Å². The maximum atomic E-state index is 6.14. The van der Waals surface area contributed by atoms with E-state index in [-0.39, 0.29) is 0 Å². The molecular formula is C18H17ClN2. The molecule has 0 saturated heterocycles. The van der Waals surface area contributed by atoms with E-state index in [1.807, 2.05) is 0 Å². The van der Waals surface area contributed by atoms with Crippen LogP contribution in [0, 0.1) is 6.92 Å². The summed E-state index contributed by atoms with van der Waals surface area (Å²) >= 11 is 6.14. The molecule has 0 fully saturated rings. The predicted molar refractivity (Wildman–Crippen MR) is 87.4 cm³/mol. The molecule has 0 atom stereocenters. The predicted octanol–water partition coefficient (Wildman–Crippen LogP) is 4.56. The monoisotopic (exact) mass is 296 g/mol. The van der Waals surface area contributed by atoms with E-state index in [0.717, 1.165) is 11.3 Å². The number of rotatable bonds is 2. The van der Waals surface area contributed by atoms with Crippen molar-refractivity contribution < 1.29 is 0 Å². The third-order valence-electron chi connectivity index (χ3n) is 4.41. The minimum atomic E-state index is 0.422. The number of benzene rings is 2. The molecule has 0 N–H and O–H groups in total. The first-order valence-electron chi connectivity index (χ1n) is 7.43. The van der Waals surface area contributed by atoms with Crippen LogP contribution in [0.1, 0.15) is 28.9 Å². The Kier molecular flexibility index (Phi) is 3.00. The van der Waals surface area contributed by atoms with Crippen molar-refractivity contribution in [3.8, 4) is 5.69 Å². The Hall–Kier alpha value is -1.80. The molecule has 1 aliphatic rings. The number of hydrogen-bond donors (Lipinski definition) is 0. The summed E-state index contributed by atoms with van der Waals surface area (Å²) in [4.78, 5) is 4.69. The average Bonchev–Trinajstić information content (AvgIpc) is 3.10. The highest BCUT2D eigenvalue weighted by Gasteiger charge is 2.16. The van der Waals surface area contributed by atoms with Crippen molar-refractivity contribution in [2.75, 3.05) is 0 Å². The molecule has 1 aliphatic carbocycles. The molecule has 21 heavy (non-hydrogen) atoms. The third-order valence-corrected chi connectivity index (χ3v) is 4.65. The summed E-state index contributed by atoms with van der Waals surface area (Å²) < 4.78 is 2.22. The summed E-state index contributed by atoms with van der Waals surface area (Å²) in [7, 11) is 0. The van der Waals surface area contributed by atoms with Crippen molar-refractivity contribution in [1.29, 1.82) is 0 Å². The first-order valence-corrected chi connectivity index (χ1v) is 7.96. The van der Waals surface area contributed by atoms with Crippen molar-refractivity contribution in [2.24, 2.45) is 0 Å². The molecule has 0 bridgehead atoms. The lowest BCUT2D eigenvalue weighted by Gasteiger charge is -2.11. The largest absolute Gasteiger partial charge is 0.295 e. The summed E-state index contributed by atoms with van der Waals surface area (Å²) in [5.41, 5.74) is 7.58. The van der Waals surface area contributed by atoms with Crippen molar-refractivity contribution >= 4 is 22.6 Å². The topological polar surface area (TPSA) is 17.8 Å². The number of para-hydroxylation sites is 1. The van der Waals surface area contributed by atoms with Gasteiger partial charge in [0.2, 0.25) is 0 Å². The summed E-state index contributed by atoms with van der Waals surface area (Å²) in [5, 5.41) is 0. The van der Waals surface area contributed by atoms with Gasteiger partial charge in [0.15, 0.2) is 0 Å². The van der Waals surface area contributed by atoms with Gasteiger partial charge in [0.05, 0.1) is 16.9 Å². The number of aryl methyl sites for hydroxylation is 3. The number of fused-ring (bicyclic) bond motifs is 2. The second kappa shape index (κ2) is 4.88. The lowest BCUT2D eigenvalue weighted by Crippen LogP contribution is -2.01. The fourth-order valence-corrected chi connectivity index (χ4v) is 3.59. The van der Waals surface area contributed by atoms with Gasteiger partial charge in [-0.1, -0.05) is 18.2 Å². The molecule has 2 aromatic carbocycles. The Morgan fingerprint density at radius 3 is 2.86 bits per heavy atom. The van der Waals surface area contributed by atoms with Gasteiger partial charge in [-0.15, -0.1) is 11.6 Å². The molecule has 2 nitrogen and oxygen atoms in total. The van der Waals surface area contributed by atoms with Gasteiger partial charge in [0.1, 0.15) is 5.82 Å². The van der Waals surface area contributed by atoms with Crippen LogP contribution in [0.15, 0.2) is 36.4 Å². The van der Waals surface area contributed by atoms with Crippen LogP contribution in [-0.4, -0.2) is 9.55 Å². The zero-order valence-electron chi connectivity index (χ0n) is 12.1. The van der Waals surface area contributed by atoms with Crippen LogP contribution in [0.25, 0.3) is 16.7 Å². The van der Waals surface area contributed by atoms with E-state index in [1.165, 1.54) is 47.2 Å². The maximum absolute atomic E-state index is 6.14. The molecule has 3 aromatic rings. The molecule has 1 heterocycles. The van der Waals surface area contributed by atoms with Gasteiger partial charge in [0.25, 0.3) is 0 Å². The lowest BCUT2D eigenvalue weighted by atomic mass is 10.1. The van der Waals surface area contributed by atoms with Crippen LogP contribution in [0.3, 0.4) is 0 Å². The second-order valence-electron chi connectivity index (χ2n) is 5.75. The van der Waals surface area contributed by atoms with Crippen LogP contribution in [0.2, 0.25) is 0 Å². The number of hydrogen-bond acceptors (Lipinski definition) is 1. The zero-order chi connectivity index (χ0) is 14.4. The van der Waals surface area contributed by atoms with Gasteiger partial charge in [-0.2, -0.15) is 0 Å². The summed E-state index contributed by atoms with van der Waals surface area (Å²) in [6.07, 6.45) is 3.66. The highest BCUT2D eigenvalue weighted by Crippen LogP contribution is 2.29. The standard InChI is InChI=1S/C18H17ClN2/c1-12-4-2-7-16-18(12)21(17(11-19)20-16)15-9-8-13-5-3-6-14(13)10-15/h2,4,7-10H,3,5-6,11H2,1H3. The number of imidazole rings is 1. The van der Waals surface area contributed by atoms with Gasteiger partial charge in [-0.05, 0) is 61.1 Å². The summed E-state index contributed by atoms with van der Waals surface area (Å²) in [6.45, 7) is 2.13. The average molecular weight is 297 g/mol. The van der Waals surface area contributed by atoms with E-state index in [2.05, 4.69) is 47.9 Å². The first kappa shape index (κ1) is 12.9. The second-order valence-corrected chi connectivity index (χ2v) is 6.01. The number of aromatic nitrogens is 2. The lowest BCUT2D eigenvalue weighted by molar-refractivity contribution is 0.911. The Labute approximate surface area is 129 Å². The molecule has 0 spiro atoms. The minimum absolute atomic E-state index is 0.422. The molecule has 0 unspecified atom stereocenters. The van der Waals surface area contributed by atoms with Gasteiger partial charge in [-0.3, -0.25) is 4.57 Å². The van der Waals surface area contributed by atoms with Crippen molar-refractivity contribution in [3.63, 3.8) is 0 Å². The summed E-state index contributed by atoms with van der Waals surface area (Å²) in [6, 6.07) is 13.0.